The number of aryl methyl sites for hydroxylation is 2. The van der Waals surface area contributed by atoms with Crippen LogP contribution >= 0.6 is 11.6 Å². The molecule has 3 aromatic carbocycles. The molecule has 0 atom stereocenters. The molecule has 1 aromatic heterocycles. The van der Waals surface area contributed by atoms with Crippen LogP contribution in [0.2, 0.25) is 5.02 Å². The minimum Gasteiger partial charge on any atom is -0.361 e. The first-order valence-electron chi connectivity index (χ1n) is 9.33. The molecule has 1 aliphatic rings. The summed E-state index contributed by atoms with van der Waals surface area (Å²) in [4.78, 5) is 8.11. The third kappa shape index (κ3) is 2.78. The van der Waals surface area contributed by atoms with Crippen LogP contribution in [-0.4, -0.2) is 11.2 Å². The average molecular weight is 383 g/mol. The molecule has 1 N–H and O–H groups in total. The molecule has 28 heavy (non-hydrogen) atoms. The third-order valence-corrected chi connectivity index (χ3v) is 5.54. The summed E-state index contributed by atoms with van der Waals surface area (Å²) in [6.45, 7) is 4.24. The van der Waals surface area contributed by atoms with Gasteiger partial charge in [0.15, 0.2) is 0 Å². The van der Waals surface area contributed by atoms with Gasteiger partial charge in [-0.15, -0.1) is 0 Å². The van der Waals surface area contributed by atoms with Gasteiger partial charge in [-0.25, -0.2) is 0 Å². The first-order valence-corrected chi connectivity index (χ1v) is 9.71. The van der Waals surface area contributed by atoms with Gasteiger partial charge >= 0.3 is 0 Å². The fourth-order valence-corrected chi connectivity index (χ4v) is 4.02. The van der Waals surface area contributed by atoms with Crippen LogP contribution in [0.3, 0.4) is 0 Å². The van der Waals surface area contributed by atoms with Gasteiger partial charge in [-0.1, -0.05) is 47.0 Å². The summed E-state index contributed by atoms with van der Waals surface area (Å²) in [5.74, 6) is 0. The highest BCUT2D eigenvalue weighted by Gasteiger charge is 2.21. The monoisotopic (exact) mass is 382 g/mol. The molecule has 0 fully saturated rings. The fourth-order valence-electron chi connectivity index (χ4n) is 3.89. The number of aromatic amines is 1. The highest BCUT2D eigenvalue weighted by atomic mass is 35.5. The SMILES string of the molecule is Cc1ccc2c(c1)/C(=C(\c1ccc(Cl)cc1)c1c[nH]c3ccc(C)cc13)C=N2. The van der Waals surface area contributed by atoms with E-state index in [1.807, 2.05) is 18.3 Å². The predicted molar refractivity (Wildman–Crippen MR) is 120 cm³/mol. The van der Waals surface area contributed by atoms with Gasteiger partial charge in [-0.05, 0) is 55.8 Å². The predicted octanol–water partition coefficient (Wildman–Crippen LogP) is 7.11. The summed E-state index contributed by atoms with van der Waals surface area (Å²) >= 11 is 6.17. The van der Waals surface area contributed by atoms with Gasteiger partial charge in [0.2, 0.25) is 0 Å². The van der Waals surface area contributed by atoms with E-state index in [-0.39, 0.29) is 0 Å². The maximum Gasteiger partial charge on any atom is 0.0709 e. The molecule has 1 aliphatic heterocycles. The van der Waals surface area contributed by atoms with E-state index in [2.05, 4.69) is 78.6 Å². The number of benzene rings is 3. The Labute approximate surface area is 169 Å². The van der Waals surface area contributed by atoms with E-state index in [9.17, 15) is 0 Å². The fraction of sp³-hybridized carbons (Fsp3) is 0.0800. The number of aliphatic imine (C=N–C) groups is 1. The molecule has 0 unspecified atom stereocenters. The molecule has 3 heteroatoms. The van der Waals surface area contributed by atoms with Crippen molar-refractivity contribution < 1.29 is 0 Å². The van der Waals surface area contributed by atoms with Crippen molar-refractivity contribution in [1.82, 2.24) is 4.98 Å². The van der Waals surface area contributed by atoms with Gasteiger partial charge < -0.3 is 4.98 Å². The highest BCUT2D eigenvalue weighted by molar-refractivity contribution is 6.31. The quantitative estimate of drug-likeness (QED) is 0.382. The van der Waals surface area contributed by atoms with E-state index >= 15 is 0 Å². The Bertz CT molecular complexity index is 1270. The average Bonchev–Trinajstić information content (AvgIpc) is 3.28. The molecule has 4 aromatic rings. The van der Waals surface area contributed by atoms with Crippen LogP contribution in [0.4, 0.5) is 5.69 Å². The van der Waals surface area contributed by atoms with Gasteiger partial charge in [0, 0.05) is 50.6 Å². The second-order valence-electron chi connectivity index (χ2n) is 7.33. The molecule has 2 nitrogen and oxygen atoms in total. The van der Waals surface area contributed by atoms with Crippen LogP contribution in [0.25, 0.3) is 22.0 Å². The van der Waals surface area contributed by atoms with E-state index in [4.69, 9.17) is 11.6 Å². The van der Waals surface area contributed by atoms with E-state index in [0.29, 0.717) is 0 Å². The molecule has 0 bridgehead atoms. The van der Waals surface area contributed by atoms with Crippen molar-refractivity contribution in [2.24, 2.45) is 4.99 Å². The van der Waals surface area contributed by atoms with E-state index in [1.54, 1.807) is 0 Å². The number of fused-ring (bicyclic) bond motifs is 2. The third-order valence-electron chi connectivity index (χ3n) is 5.28. The van der Waals surface area contributed by atoms with Gasteiger partial charge in [0.25, 0.3) is 0 Å². The maximum atomic E-state index is 6.17. The lowest BCUT2D eigenvalue weighted by atomic mass is 9.89. The Kier molecular flexibility index (Phi) is 3.96. The molecular weight excluding hydrogens is 364 g/mol. The van der Waals surface area contributed by atoms with Crippen LogP contribution in [0.1, 0.15) is 27.8 Å². The van der Waals surface area contributed by atoms with Gasteiger partial charge in [-0.3, -0.25) is 4.99 Å². The Hall–Kier alpha value is -3.10. The first-order chi connectivity index (χ1) is 13.6. The van der Waals surface area contributed by atoms with Gasteiger partial charge in [0.05, 0.1) is 5.69 Å². The highest BCUT2D eigenvalue weighted by Crippen LogP contribution is 2.41. The van der Waals surface area contributed by atoms with Crippen LogP contribution in [0.5, 0.6) is 0 Å². The summed E-state index contributed by atoms with van der Waals surface area (Å²) in [7, 11) is 0. The zero-order chi connectivity index (χ0) is 19.3. The number of hydrogen-bond acceptors (Lipinski definition) is 1. The number of nitrogens with zero attached hydrogens (tertiary/aromatic N) is 1. The number of aromatic nitrogens is 1. The smallest absolute Gasteiger partial charge is 0.0709 e. The number of H-pyrrole nitrogens is 1. The summed E-state index contributed by atoms with van der Waals surface area (Å²) in [6, 6.07) is 21.0. The zero-order valence-electron chi connectivity index (χ0n) is 15.8. The normalized spacial score (nSPS) is 14.5. The van der Waals surface area contributed by atoms with Crippen LogP contribution in [0, 0.1) is 13.8 Å². The molecule has 0 saturated heterocycles. The second-order valence-corrected chi connectivity index (χ2v) is 7.76. The maximum absolute atomic E-state index is 6.17. The standard InChI is InChI=1S/C25H19ClN2/c1-15-3-9-23-19(11-15)21(13-27-23)25(17-5-7-18(26)8-6-17)22-14-28-24-10-4-16(2)12-20(22)24/h3-14,27H,1-2H3/b25-22+. The molecule has 0 amide bonds. The lowest BCUT2D eigenvalue weighted by molar-refractivity contribution is 1.43. The van der Waals surface area contributed by atoms with Crippen molar-refractivity contribution in [2.45, 2.75) is 13.8 Å². The molecule has 0 radical (unpaired) electrons. The summed E-state index contributed by atoms with van der Waals surface area (Å²) in [5, 5.41) is 1.95. The Morgan fingerprint density at radius 3 is 2.46 bits per heavy atom. The first kappa shape index (κ1) is 17.0. The van der Waals surface area contributed by atoms with Crippen molar-refractivity contribution in [3.8, 4) is 0 Å². The second kappa shape index (κ2) is 6.50. The van der Waals surface area contributed by atoms with Gasteiger partial charge in [0.1, 0.15) is 0 Å². The van der Waals surface area contributed by atoms with E-state index in [1.165, 1.54) is 33.2 Å². The lowest BCUT2D eigenvalue weighted by Crippen LogP contribution is -1.94. The number of nitrogens with one attached hydrogen (secondary N) is 1. The largest absolute Gasteiger partial charge is 0.361 e. The van der Waals surface area contributed by atoms with E-state index < -0.39 is 0 Å². The Balaban J connectivity index is 1.85. The van der Waals surface area contributed by atoms with Gasteiger partial charge in [-0.2, -0.15) is 0 Å². The summed E-state index contributed by atoms with van der Waals surface area (Å²) in [6.07, 6.45) is 4.09. The van der Waals surface area contributed by atoms with E-state index in [0.717, 1.165) is 27.4 Å². The van der Waals surface area contributed by atoms with Crippen molar-refractivity contribution in [1.29, 1.82) is 0 Å². The van der Waals surface area contributed by atoms with Crippen LogP contribution in [0.15, 0.2) is 71.9 Å². The molecule has 136 valence electrons. The summed E-state index contributed by atoms with van der Waals surface area (Å²) in [5.41, 5.74) is 10.4. The molecule has 0 aliphatic carbocycles. The topological polar surface area (TPSA) is 28.1 Å². The molecular formula is C25H19ClN2. The van der Waals surface area contributed by atoms with Crippen LogP contribution < -0.4 is 0 Å². The molecule has 0 saturated carbocycles. The van der Waals surface area contributed by atoms with Crippen molar-refractivity contribution in [2.75, 3.05) is 0 Å². The number of halogens is 1. The molecule has 2 heterocycles. The molecule has 0 spiro atoms. The zero-order valence-corrected chi connectivity index (χ0v) is 16.5. The summed E-state index contributed by atoms with van der Waals surface area (Å²) < 4.78 is 0. The number of rotatable bonds is 2. The van der Waals surface area contributed by atoms with Crippen molar-refractivity contribution in [3.05, 3.63) is 99.7 Å². The van der Waals surface area contributed by atoms with Crippen molar-refractivity contribution >= 4 is 45.6 Å². The van der Waals surface area contributed by atoms with Crippen LogP contribution in [-0.2, 0) is 0 Å². The minimum absolute atomic E-state index is 0.735. The number of hydrogen-bond donors (Lipinski definition) is 1. The lowest BCUT2D eigenvalue weighted by Gasteiger charge is -2.13. The van der Waals surface area contributed by atoms with Crippen molar-refractivity contribution in [3.63, 3.8) is 0 Å². The minimum atomic E-state index is 0.735. The number of allylic oxidation sites excluding steroid dienone is 1. The molecule has 5 rings (SSSR count). The Morgan fingerprint density at radius 1 is 0.893 bits per heavy atom. The Morgan fingerprint density at radius 2 is 1.64 bits per heavy atom.